The minimum atomic E-state index is 1.27. The van der Waals surface area contributed by atoms with Crippen LogP contribution in [-0.4, -0.2) is 14.1 Å². The van der Waals surface area contributed by atoms with Crippen molar-refractivity contribution >= 4 is 16.5 Å². The molecule has 0 radical (unpaired) electrons. The van der Waals surface area contributed by atoms with Gasteiger partial charge in [0.2, 0.25) is 0 Å². The molecule has 0 spiro atoms. The van der Waals surface area contributed by atoms with Crippen LogP contribution < -0.4 is 4.90 Å². The highest BCUT2D eigenvalue weighted by Crippen LogP contribution is 2.27. The Bertz CT molecular complexity index is 498. The minimum absolute atomic E-state index is 1.27. The third kappa shape index (κ3) is 1.70. The van der Waals surface area contributed by atoms with Crippen molar-refractivity contribution < 1.29 is 0 Å². The van der Waals surface area contributed by atoms with Gasteiger partial charge >= 0.3 is 0 Å². The molecule has 0 aliphatic carbocycles. The smallest absolute Gasteiger partial charge is 0.0370 e. The fourth-order valence-corrected chi connectivity index (χ4v) is 2.10. The van der Waals surface area contributed by atoms with E-state index in [4.69, 9.17) is 0 Å². The molecule has 0 saturated carbocycles. The van der Waals surface area contributed by atoms with Gasteiger partial charge in [0.1, 0.15) is 0 Å². The minimum Gasteiger partial charge on any atom is -0.378 e. The van der Waals surface area contributed by atoms with E-state index >= 15 is 0 Å². The molecule has 0 bridgehead atoms. The summed E-state index contributed by atoms with van der Waals surface area (Å²) in [5, 5.41) is 2.72. The second-order valence-electron chi connectivity index (χ2n) is 4.33. The Labute approximate surface area is 91.3 Å². The van der Waals surface area contributed by atoms with Crippen LogP contribution in [0.1, 0.15) is 11.1 Å². The van der Waals surface area contributed by atoms with E-state index in [0.717, 1.165) is 0 Å². The van der Waals surface area contributed by atoms with Crippen LogP contribution in [0.2, 0.25) is 0 Å². The molecule has 2 aromatic carbocycles. The van der Waals surface area contributed by atoms with Crippen LogP contribution in [0.25, 0.3) is 10.8 Å². The molecule has 1 nitrogen and oxygen atoms in total. The summed E-state index contributed by atoms with van der Waals surface area (Å²) in [5.41, 5.74) is 3.98. The van der Waals surface area contributed by atoms with E-state index in [1.807, 2.05) is 0 Å². The number of rotatable bonds is 1. The van der Waals surface area contributed by atoms with Crippen molar-refractivity contribution in [2.45, 2.75) is 13.8 Å². The first-order valence-electron chi connectivity index (χ1n) is 5.27. The normalized spacial score (nSPS) is 10.7. The van der Waals surface area contributed by atoms with E-state index in [-0.39, 0.29) is 0 Å². The highest BCUT2D eigenvalue weighted by molar-refractivity contribution is 5.91. The van der Waals surface area contributed by atoms with Crippen LogP contribution in [0.15, 0.2) is 30.3 Å². The van der Waals surface area contributed by atoms with Crippen LogP contribution in [-0.2, 0) is 0 Å². The number of nitrogens with zero attached hydrogens (tertiary/aromatic N) is 1. The molecule has 0 unspecified atom stereocenters. The summed E-state index contributed by atoms with van der Waals surface area (Å²) < 4.78 is 0. The van der Waals surface area contributed by atoms with Crippen molar-refractivity contribution in [3.63, 3.8) is 0 Å². The topological polar surface area (TPSA) is 3.24 Å². The van der Waals surface area contributed by atoms with Crippen LogP contribution in [0.4, 0.5) is 5.69 Å². The van der Waals surface area contributed by atoms with Gasteiger partial charge in [-0.1, -0.05) is 18.2 Å². The van der Waals surface area contributed by atoms with E-state index in [2.05, 4.69) is 63.2 Å². The van der Waals surface area contributed by atoms with Crippen molar-refractivity contribution in [1.82, 2.24) is 0 Å². The molecule has 0 N–H and O–H groups in total. The standard InChI is InChI=1S/C14H17N/c1-10-6-5-7-12-9-13(15(3)4)8-11(2)14(10)12/h5-9H,1-4H3. The quantitative estimate of drug-likeness (QED) is 0.679. The number of hydrogen-bond donors (Lipinski definition) is 0. The zero-order chi connectivity index (χ0) is 11.0. The summed E-state index contributed by atoms with van der Waals surface area (Å²) in [6.07, 6.45) is 0. The summed E-state index contributed by atoms with van der Waals surface area (Å²) in [7, 11) is 4.16. The third-order valence-electron chi connectivity index (χ3n) is 2.88. The summed E-state index contributed by atoms with van der Waals surface area (Å²) in [4.78, 5) is 2.15. The van der Waals surface area contributed by atoms with Crippen LogP contribution in [0.3, 0.4) is 0 Å². The first-order chi connectivity index (χ1) is 7.09. The van der Waals surface area contributed by atoms with Gasteiger partial charge in [-0.3, -0.25) is 0 Å². The van der Waals surface area contributed by atoms with Crippen LogP contribution in [0.5, 0.6) is 0 Å². The number of anilines is 1. The van der Waals surface area contributed by atoms with E-state index in [9.17, 15) is 0 Å². The first kappa shape index (κ1) is 10.0. The largest absolute Gasteiger partial charge is 0.378 e. The van der Waals surface area contributed by atoms with Gasteiger partial charge in [-0.15, -0.1) is 0 Å². The Hall–Kier alpha value is -1.50. The fraction of sp³-hybridized carbons (Fsp3) is 0.286. The highest BCUT2D eigenvalue weighted by atomic mass is 15.1. The first-order valence-corrected chi connectivity index (χ1v) is 5.27. The molecule has 15 heavy (non-hydrogen) atoms. The van der Waals surface area contributed by atoms with Gasteiger partial charge in [0.25, 0.3) is 0 Å². The maximum absolute atomic E-state index is 2.25. The van der Waals surface area contributed by atoms with Crippen molar-refractivity contribution in [1.29, 1.82) is 0 Å². The number of benzene rings is 2. The van der Waals surface area contributed by atoms with E-state index in [1.165, 1.54) is 27.6 Å². The third-order valence-corrected chi connectivity index (χ3v) is 2.88. The number of hydrogen-bond acceptors (Lipinski definition) is 1. The molecule has 0 heterocycles. The molecule has 0 saturated heterocycles. The average molecular weight is 199 g/mol. The highest BCUT2D eigenvalue weighted by Gasteiger charge is 2.03. The molecule has 0 aliphatic rings. The van der Waals surface area contributed by atoms with Gasteiger partial charge in [0.05, 0.1) is 0 Å². The van der Waals surface area contributed by atoms with E-state index in [0.29, 0.717) is 0 Å². The van der Waals surface area contributed by atoms with Crippen molar-refractivity contribution in [3.8, 4) is 0 Å². The summed E-state index contributed by atoms with van der Waals surface area (Å²) in [5.74, 6) is 0. The van der Waals surface area contributed by atoms with Gasteiger partial charge in [0, 0.05) is 19.8 Å². The molecular formula is C14H17N. The van der Waals surface area contributed by atoms with Gasteiger partial charge in [0.15, 0.2) is 0 Å². The Kier molecular flexibility index (Phi) is 2.39. The van der Waals surface area contributed by atoms with Crippen molar-refractivity contribution in [2.24, 2.45) is 0 Å². The van der Waals surface area contributed by atoms with E-state index in [1.54, 1.807) is 0 Å². The fourth-order valence-electron chi connectivity index (χ4n) is 2.10. The molecule has 0 fully saturated rings. The summed E-state index contributed by atoms with van der Waals surface area (Å²) in [6.45, 7) is 4.35. The second kappa shape index (κ2) is 3.58. The molecule has 0 aromatic heterocycles. The average Bonchev–Trinajstić information content (AvgIpc) is 2.17. The SMILES string of the molecule is Cc1cccc2cc(N(C)C)cc(C)c12. The lowest BCUT2D eigenvalue weighted by Crippen LogP contribution is -2.08. The lowest BCUT2D eigenvalue weighted by molar-refractivity contribution is 1.13. The molecular weight excluding hydrogens is 182 g/mol. The number of fused-ring (bicyclic) bond motifs is 1. The predicted octanol–water partition coefficient (Wildman–Crippen LogP) is 3.52. The van der Waals surface area contributed by atoms with Gasteiger partial charge in [-0.25, -0.2) is 0 Å². The Morgan fingerprint density at radius 1 is 0.933 bits per heavy atom. The van der Waals surface area contributed by atoms with Crippen molar-refractivity contribution in [2.75, 3.05) is 19.0 Å². The Balaban J connectivity index is 2.78. The Morgan fingerprint density at radius 2 is 1.67 bits per heavy atom. The lowest BCUT2D eigenvalue weighted by Gasteiger charge is -2.15. The Morgan fingerprint density at radius 3 is 2.33 bits per heavy atom. The summed E-state index contributed by atoms with van der Waals surface area (Å²) >= 11 is 0. The molecule has 2 rings (SSSR count). The molecule has 1 heteroatoms. The summed E-state index contributed by atoms with van der Waals surface area (Å²) in [6, 6.07) is 11.0. The van der Waals surface area contributed by atoms with Gasteiger partial charge in [-0.2, -0.15) is 0 Å². The molecule has 78 valence electrons. The maximum atomic E-state index is 2.25. The van der Waals surface area contributed by atoms with Crippen LogP contribution >= 0.6 is 0 Å². The van der Waals surface area contributed by atoms with Crippen LogP contribution in [0, 0.1) is 13.8 Å². The molecule has 0 amide bonds. The van der Waals surface area contributed by atoms with Gasteiger partial charge < -0.3 is 4.90 Å². The lowest BCUT2D eigenvalue weighted by atomic mass is 10.00. The predicted molar refractivity (Wildman–Crippen MR) is 67.7 cm³/mol. The zero-order valence-electron chi connectivity index (χ0n) is 9.83. The molecule has 0 atom stereocenters. The van der Waals surface area contributed by atoms with Gasteiger partial charge in [-0.05, 0) is 47.9 Å². The zero-order valence-corrected chi connectivity index (χ0v) is 9.83. The van der Waals surface area contributed by atoms with Crippen molar-refractivity contribution in [3.05, 3.63) is 41.5 Å². The number of aryl methyl sites for hydroxylation is 2. The molecule has 0 aliphatic heterocycles. The molecule has 2 aromatic rings. The maximum Gasteiger partial charge on any atom is 0.0370 e. The second-order valence-corrected chi connectivity index (χ2v) is 4.33. The monoisotopic (exact) mass is 199 g/mol. The van der Waals surface area contributed by atoms with E-state index < -0.39 is 0 Å².